The van der Waals surface area contributed by atoms with Crippen molar-refractivity contribution in [3.8, 4) is 0 Å². The van der Waals surface area contributed by atoms with Crippen LogP contribution in [0.1, 0.15) is 25.7 Å². The number of carbonyl (C=O) groups is 6. The number of hydrogen-bond acceptors (Lipinski definition) is 7. The van der Waals surface area contributed by atoms with Gasteiger partial charge in [-0.15, -0.1) is 0 Å². The molecule has 0 aromatic rings. The highest BCUT2D eigenvalue weighted by molar-refractivity contribution is 5.93. The Hall–Kier alpha value is -3.22. The van der Waals surface area contributed by atoms with Crippen LogP contribution in [0.15, 0.2) is 0 Å². The lowest BCUT2D eigenvalue weighted by Gasteiger charge is -2.21. The fourth-order valence-electron chi connectivity index (χ4n) is 1.74. The van der Waals surface area contributed by atoms with Gasteiger partial charge in [-0.05, 0) is 6.42 Å². The predicted molar refractivity (Wildman–Crippen MR) is 80.8 cm³/mol. The molecule has 0 aromatic carbocycles. The van der Waals surface area contributed by atoms with Crippen molar-refractivity contribution in [2.45, 2.75) is 43.8 Å². The van der Waals surface area contributed by atoms with Crippen molar-refractivity contribution in [2.75, 3.05) is 0 Å². The van der Waals surface area contributed by atoms with E-state index in [0.717, 1.165) is 0 Å². The second-order valence-electron chi connectivity index (χ2n) is 5.20. The van der Waals surface area contributed by atoms with E-state index in [2.05, 4.69) is 0 Å². The number of aliphatic carboxylic acids is 4. The SMILES string of the molecule is N[C@@H](CC(=O)O)C(=O)N[C@@H](CCC(=O)O)C(=O)N[C@@H](CC(=O)O)C(=O)O. The molecular formula is C13H19N3O10. The van der Waals surface area contributed by atoms with E-state index in [9.17, 15) is 28.8 Å². The fraction of sp³-hybridized carbons (Fsp3) is 0.538. The first-order chi connectivity index (χ1) is 11.9. The molecule has 0 aliphatic rings. The molecule has 0 unspecified atom stereocenters. The molecule has 0 bridgehead atoms. The summed E-state index contributed by atoms with van der Waals surface area (Å²) in [5.41, 5.74) is 5.33. The number of nitrogens with one attached hydrogen (secondary N) is 2. The van der Waals surface area contributed by atoms with Gasteiger partial charge >= 0.3 is 23.9 Å². The topological polar surface area (TPSA) is 233 Å². The second kappa shape index (κ2) is 10.6. The zero-order valence-corrected chi connectivity index (χ0v) is 13.4. The van der Waals surface area contributed by atoms with Crippen LogP contribution in [-0.2, 0) is 28.8 Å². The van der Waals surface area contributed by atoms with Crippen LogP contribution in [0.5, 0.6) is 0 Å². The van der Waals surface area contributed by atoms with Gasteiger partial charge in [-0.2, -0.15) is 0 Å². The van der Waals surface area contributed by atoms with Gasteiger partial charge in [0.15, 0.2) is 0 Å². The summed E-state index contributed by atoms with van der Waals surface area (Å²) in [7, 11) is 0. The molecule has 8 N–H and O–H groups in total. The van der Waals surface area contributed by atoms with E-state index in [1.54, 1.807) is 0 Å². The monoisotopic (exact) mass is 377 g/mol. The first kappa shape index (κ1) is 22.8. The molecule has 0 aliphatic heterocycles. The van der Waals surface area contributed by atoms with Crippen LogP contribution >= 0.6 is 0 Å². The van der Waals surface area contributed by atoms with Crippen molar-refractivity contribution < 1.29 is 49.2 Å². The van der Waals surface area contributed by atoms with Crippen molar-refractivity contribution >= 4 is 35.7 Å². The molecule has 0 saturated carbocycles. The maximum atomic E-state index is 12.1. The Balaban J connectivity index is 5.14. The van der Waals surface area contributed by atoms with Gasteiger partial charge in [-0.25, -0.2) is 4.79 Å². The Labute approximate surface area is 146 Å². The van der Waals surface area contributed by atoms with Crippen molar-refractivity contribution in [1.29, 1.82) is 0 Å². The lowest BCUT2D eigenvalue weighted by atomic mass is 10.1. The highest BCUT2D eigenvalue weighted by atomic mass is 16.4. The van der Waals surface area contributed by atoms with Crippen LogP contribution in [0.4, 0.5) is 0 Å². The van der Waals surface area contributed by atoms with Gasteiger partial charge in [0.25, 0.3) is 0 Å². The molecule has 26 heavy (non-hydrogen) atoms. The molecular weight excluding hydrogens is 358 g/mol. The van der Waals surface area contributed by atoms with Gasteiger partial charge < -0.3 is 36.8 Å². The quantitative estimate of drug-likeness (QED) is 0.183. The van der Waals surface area contributed by atoms with Gasteiger partial charge in [-0.1, -0.05) is 0 Å². The summed E-state index contributed by atoms with van der Waals surface area (Å²) in [4.78, 5) is 66.7. The summed E-state index contributed by atoms with van der Waals surface area (Å²) in [6.45, 7) is 0. The molecule has 0 spiro atoms. The first-order valence-electron chi connectivity index (χ1n) is 7.18. The van der Waals surface area contributed by atoms with Crippen LogP contribution < -0.4 is 16.4 Å². The average Bonchev–Trinajstić information content (AvgIpc) is 2.48. The lowest BCUT2D eigenvalue weighted by Crippen LogP contribution is -2.55. The van der Waals surface area contributed by atoms with Crippen LogP contribution in [0.3, 0.4) is 0 Å². The molecule has 0 aliphatic carbocycles. The summed E-state index contributed by atoms with van der Waals surface area (Å²) in [5, 5.41) is 38.7. The summed E-state index contributed by atoms with van der Waals surface area (Å²) >= 11 is 0. The van der Waals surface area contributed by atoms with E-state index in [0.29, 0.717) is 0 Å². The minimum Gasteiger partial charge on any atom is -0.481 e. The van der Waals surface area contributed by atoms with E-state index >= 15 is 0 Å². The smallest absolute Gasteiger partial charge is 0.326 e. The van der Waals surface area contributed by atoms with Gasteiger partial charge in [0, 0.05) is 6.42 Å². The van der Waals surface area contributed by atoms with Gasteiger partial charge in [0.1, 0.15) is 12.1 Å². The van der Waals surface area contributed by atoms with Gasteiger partial charge in [-0.3, -0.25) is 24.0 Å². The minimum absolute atomic E-state index is 0.452. The largest absolute Gasteiger partial charge is 0.481 e. The van der Waals surface area contributed by atoms with E-state index in [1.807, 2.05) is 10.6 Å². The van der Waals surface area contributed by atoms with Crippen molar-refractivity contribution in [2.24, 2.45) is 5.73 Å². The van der Waals surface area contributed by atoms with Crippen molar-refractivity contribution in [3.05, 3.63) is 0 Å². The molecule has 0 rings (SSSR count). The third-order valence-corrected chi connectivity index (χ3v) is 3.00. The van der Waals surface area contributed by atoms with Crippen LogP contribution in [0.2, 0.25) is 0 Å². The van der Waals surface area contributed by atoms with Crippen molar-refractivity contribution in [1.82, 2.24) is 10.6 Å². The standard InChI is InChI=1S/C13H19N3O10/c14-5(3-9(19)20)11(23)15-6(1-2-8(17)18)12(24)16-7(13(25)26)4-10(21)22/h5-7H,1-4,14H2,(H,15,23)(H,16,24)(H,17,18)(H,19,20)(H,21,22)(H,25,26)/t5-,6-,7-/m0/s1. The summed E-state index contributed by atoms with van der Waals surface area (Å²) < 4.78 is 0. The van der Waals surface area contributed by atoms with E-state index in [1.165, 1.54) is 0 Å². The average molecular weight is 377 g/mol. The number of hydrogen-bond donors (Lipinski definition) is 7. The number of carboxylic acids is 4. The number of rotatable bonds is 12. The lowest BCUT2D eigenvalue weighted by molar-refractivity contribution is -0.147. The van der Waals surface area contributed by atoms with Crippen LogP contribution in [0.25, 0.3) is 0 Å². The zero-order valence-electron chi connectivity index (χ0n) is 13.4. The van der Waals surface area contributed by atoms with E-state index in [-0.39, 0.29) is 0 Å². The third-order valence-electron chi connectivity index (χ3n) is 3.00. The molecule has 3 atom stereocenters. The van der Waals surface area contributed by atoms with E-state index < -0.39 is 79.5 Å². The maximum absolute atomic E-state index is 12.1. The van der Waals surface area contributed by atoms with E-state index in [4.69, 9.17) is 26.2 Å². The first-order valence-corrected chi connectivity index (χ1v) is 7.18. The van der Waals surface area contributed by atoms with Crippen LogP contribution in [0, 0.1) is 0 Å². The zero-order chi connectivity index (χ0) is 20.4. The molecule has 0 fully saturated rings. The molecule has 13 nitrogen and oxygen atoms in total. The van der Waals surface area contributed by atoms with Gasteiger partial charge in [0.05, 0.1) is 18.9 Å². The normalized spacial score (nSPS) is 13.7. The molecule has 0 heterocycles. The predicted octanol–water partition coefficient (Wildman–Crippen LogP) is -2.82. The summed E-state index contributed by atoms with van der Waals surface area (Å²) in [6, 6.07) is -4.88. The molecule has 2 amide bonds. The van der Waals surface area contributed by atoms with Crippen molar-refractivity contribution in [3.63, 3.8) is 0 Å². The highest BCUT2D eigenvalue weighted by Crippen LogP contribution is 2.02. The molecule has 0 radical (unpaired) electrons. The minimum atomic E-state index is -1.81. The van der Waals surface area contributed by atoms with Crippen LogP contribution in [-0.4, -0.2) is 74.2 Å². The Morgan fingerprint density at radius 3 is 1.65 bits per heavy atom. The molecule has 13 heteroatoms. The Morgan fingerprint density at radius 1 is 0.731 bits per heavy atom. The molecule has 146 valence electrons. The highest BCUT2D eigenvalue weighted by Gasteiger charge is 2.29. The third kappa shape index (κ3) is 9.17. The maximum Gasteiger partial charge on any atom is 0.326 e. The Kier molecular flexibility index (Phi) is 9.29. The number of nitrogens with two attached hydrogens (primary N) is 1. The Morgan fingerprint density at radius 2 is 1.23 bits per heavy atom. The molecule has 0 saturated heterocycles. The number of amides is 2. The molecule has 0 aromatic heterocycles. The fourth-order valence-corrected chi connectivity index (χ4v) is 1.74. The summed E-state index contributed by atoms with van der Waals surface area (Å²) in [5.74, 6) is -8.06. The second-order valence-corrected chi connectivity index (χ2v) is 5.20. The van der Waals surface area contributed by atoms with Gasteiger partial charge in [0.2, 0.25) is 11.8 Å². The number of carbonyl (C=O) groups excluding carboxylic acids is 2. The Bertz CT molecular complexity index is 591. The summed E-state index contributed by atoms with van der Waals surface area (Å²) in [6.07, 6.45) is -2.73. The number of carboxylic acid groups (broad SMARTS) is 4.